The molecule has 3 N–H and O–H groups in total. The minimum Gasteiger partial charge on any atom is -0.369 e. The third kappa shape index (κ3) is 2.39. The third-order valence-corrected chi connectivity index (χ3v) is 3.66. The smallest absolute Gasteiger partial charge is 0.246 e. The van der Waals surface area contributed by atoms with Crippen molar-refractivity contribution in [3.05, 3.63) is 48.0 Å². The quantitative estimate of drug-likeness (QED) is 0.874. The van der Waals surface area contributed by atoms with Crippen molar-refractivity contribution in [2.75, 3.05) is 5.32 Å². The molecule has 5 nitrogen and oxygen atoms in total. The van der Waals surface area contributed by atoms with Gasteiger partial charge in [0, 0.05) is 11.7 Å². The molecular formula is C15H18N4O. The molecule has 1 atom stereocenters. The van der Waals surface area contributed by atoms with Crippen molar-refractivity contribution in [3.8, 4) is 0 Å². The first-order valence-electron chi connectivity index (χ1n) is 6.80. The van der Waals surface area contributed by atoms with E-state index in [0.29, 0.717) is 6.04 Å². The molecule has 0 saturated heterocycles. The van der Waals surface area contributed by atoms with Crippen molar-refractivity contribution in [3.63, 3.8) is 0 Å². The number of para-hydroxylation sites is 1. The topological polar surface area (TPSA) is 72.9 Å². The van der Waals surface area contributed by atoms with Gasteiger partial charge in [0.25, 0.3) is 0 Å². The van der Waals surface area contributed by atoms with Crippen LogP contribution in [0.2, 0.25) is 0 Å². The average molecular weight is 270 g/mol. The SMILES string of the molecule is Cc1ccccc1NC(C(N)=O)c1cncn1C1CC1. The van der Waals surface area contributed by atoms with Crippen LogP contribution in [0, 0.1) is 6.92 Å². The number of hydrogen-bond donors (Lipinski definition) is 2. The number of nitrogens with one attached hydrogen (secondary N) is 1. The molecule has 5 heteroatoms. The Balaban J connectivity index is 1.91. The van der Waals surface area contributed by atoms with E-state index in [4.69, 9.17) is 5.73 Å². The second kappa shape index (κ2) is 5.00. The zero-order valence-electron chi connectivity index (χ0n) is 11.4. The summed E-state index contributed by atoms with van der Waals surface area (Å²) in [6, 6.07) is 7.76. The normalized spacial score (nSPS) is 15.8. The van der Waals surface area contributed by atoms with Crippen molar-refractivity contribution in [2.45, 2.75) is 31.8 Å². The summed E-state index contributed by atoms with van der Waals surface area (Å²) < 4.78 is 2.06. The Morgan fingerprint density at radius 1 is 1.45 bits per heavy atom. The molecule has 1 amide bonds. The van der Waals surface area contributed by atoms with Gasteiger partial charge in [-0.1, -0.05) is 18.2 Å². The molecule has 1 saturated carbocycles. The van der Waals surface area contributed by atoms with Crippen molar-refractivity contribution in [1.29, 1.82) is 0 Å². The van der Waals surface area contributed by atoms with Crippen LogP contribution < -0.4 is 11.1 Å². The van der Waals surface area contributed by atoms with E-state index in [1.165, 1.54) is 0 Å². The number of aromatic nitrogens is 2. The fourth-order valence-electron chi connectivity index (χ4n) is 2.38. The molecule has 2 aromatic rings. The number of hydrogen-bond acceptors (Lipinski definition) is 3. The largest absolute Gasteiger partial charge is 0.369 e. The van der Waals surface area contributed by atoms with E-state index in [0.717, 1.165) is 29.8 Å². The van der Waals surface area contributed by atoms with Crippen LogP contribution in [-0.4, -0.2) is 15.5 Å². The van der Waals surface area contributed by atoms with Gasteiger partial charge >= 0.3 is 0 Å². The lowest BCUT2D eigenvalue weighted by molar-refractivity contribution is -0.119. The summed E-state index contributed by atoms with van der Waals surface area (Å²) in [5.41, 5.74) is 8.41. The Kier molecular flexibility index (Phi) is 3.18. The average Bonchev–Trinajstić information content (AvgIpc) is 3.16. The first-order chi connectivity index (χ1) is 9.66. The van der Waals surface area contributed by atoms with Gasteiger partial charge in [-0.25, -0.2) is 4.98 Å². The molecule has 1 heterocycles. The van der Waals surface area contributed by atoms with E-state index in [1.54, 1.807) is 12.5 Å². The summed E-state index contributed by atoms with van der Waals surface area (Å²) in [6.45, 7) is 2.00. The molecule has 0 bridgehead atoms. The minimum absolute atomic E-state index is 0.393. The van der Waals surface area contributed by atoms with Crippen molar-refractivity contribution in [1.82, 2.24) is 9.55 Å². The highest BCUT2D eigenvalue weighted by atomic mass is 16.1. The molecule has 20 heavy (non-hydrogen) atoms. The van der Waals surface area contributed by atoms with Gasteiger partial charge in [-0.3, -0.25) is 4.79 Å². The van der Waals surface area contributed by atoms with E-state index in [2.05, 4.69) is 14.9 Å². The Bertz CT molecular complexity index is 630. The lowest BCUT2D eigenvalue weighted by Gasteiger charge is -2.19. The van der Waals surface area contributed by atoms with E-state index in [-0.39, 0.29) is 0 Å². The fraction of sp³-hybridized carbons (Fsp3) is 0.333. The van der Waals surface area contributed by atoms with Gasteiger partial charge in [-0.05, 0) is 31.4 Å². The fourth-order valence-corrected chi connectivity index (χ4v) is 2.38. The van der Waals surface area contributed by atoms with Crippen molar-refractivity contribution in [2.24, 2.45) is 5.73 Å². The molecule has 0 aliphatic heterocycles. The zero-order valence-corrected chi connectivity index (χ0v) is 11.4. The number of amides is 1. The van der Waals surface area contributed by atoms with E-state index >= 15 is 0 Å². The Morgan fingerprint density at radius 2 is 2.20 bits per heavy atom. The Hall–Kier alpha value is -2.30. The number of benzene rings is 1. The zero-order chi connectivity index (χ0) is 14.1. The summed E-state index contributed by atoms with van der Waals surface area (Å²) in [6.07, 6.45) is 5.78. The van der Waals surface area contributed by atoms with Crippen LogP contribution in [-0.2, 0) is 4.79 Å². The molecule has 0 radical (unpaired) electrons. The molecule has 1 aliphatic carbocycles. The summed E-state index contributed by atoms with van der Waals surface area (Å²) >= 11 is 0. The first-order valence-corrected chi connectivity index (χ1v) is 6.80. The predicted octanol–water partition coefficient (Wildman–Crippen LogP) is 2.16. The van der Waals surface area contributed by atoms with Crippen LogP contribution in [0.3, 0.4) is 0 Å². The van der Waals surface area contributed by atoms with Crippen molar-refractivity contribution < 1.29 is 4.79 Å². The summed E-state index contributed by atoms with van der Waals surface area (Å²) in [5.74, 6) is -0.393. The van der Waals surface area contributed by atoms with E-state index < -0.39 is 11.9 Å². The molecule has 1 aliphatic rings. The molecule has 1 fully saturated rings. The number of anilines is 1. The van der Waals surface area contributed by atoms with Crippen LogP contribution in [0.25, 0.3) is 0 Å². The molecule has 1 aromatic carbocycles. The second-order valence-electron chi connectivity index (χ2n) is 5.25. The molecule has 104 valence electrons. The summed E-state index contributed by atoms with van der Waals surface area (Å²) in [4.78, 5) is 16.0. The van der Waals surface area contributed by atoms with Gasteiger partial charge in [-0.15, -0.1) is 0 Å². The van der Waals surface area contributed by atoms with Gasteiger partial charge < -0.3 is 15.6 Å². The van der Waals surface area contributed by atoms with Gasteiger partial charge in [0.05, 0.1) is 18.2 Å². The van der Waals surface area contributed by atoms with Crippen LogP contribution >= 0.6 is 0 Å². The highest BCUT2D eigenvalue weighted by Gasteiger charge is 2.30. The Morgan fingerprint density at radius 3 is 2.85 bits per heavy atom. The van der Waals surface area contributed by atoms with Crippen LogP contribution in [0.4, 0.5) is 5.69 Å². The minimum atomic E-state index is -0.556. The maximum absolute atomic E-state index is 11.8. The van der Waals surface area contributed by atoms with Crippen LogP contribution in [0.15, 0.2) is 36.8 Å². The van der Waals surface area contributed by atoms with Crippen molar-refractivity contribution >= 4 is 11.6 Å². The monoisotopic (exact) mass is 270 g/mol. The number of imidazole rings is 1. The van der Waals surface area contributed by atoms with Gasteiger partial charge in [0.1, 0.15) is 6.04 Å². The van der Waals surface area contributed by atoms with Crippen LogP contribution in [0.1, 0.15) is 36.2 Å². The number of nitrogens with zero attached hydrogens (tertiary/aromatic N) is 2. The maximum atomic E-state index is 11.8. The summed E-state index contributed by atoms with van der Waals surface area (Å²) in [7, 11) is 0. The van der Waals surface area contributed by atoms with E-state index in [1.807, 2.05) is 31.2 Å². The van der Waals surface area contributed by atoms with Gasteiger partial charge in [0.2, 0.25) is 5.91 Å². The number of primary amides is 1. The summed E-state index contributed by atoms with van der Waals surface area (Å²) in [5, 5.41) is 3.24. The number of carbonyl (C=O) groups is 1. The second-order valence-corrected chi connectivity index (χ2v) is 5.25. The molecule has 1 aromatic heterocycles. The molecule has 1 unspecified atom stereocenters. The van der Waals surface area contributed by atoms with Gasteiger partial charge in [-0.2, -0.15) is 0 Å². The highest BCUT2D eigenvalue weighted by Crippen LogP contribution is 2.37. The highest BCUT2D eigenvalue weighted by molar-refractivity contribution is 5.84. The number of carbonyl (C=O) groups excluding carboxylic acids is 1. The molecular weight excluding hydrogens is 252 g/mol. The number of nitrogens with two attached hydrogens (primary N) is 1. The standard InChI is InChI=1S/C15H18N4O/c1-10-4-2-3-5-12(10)18-14(15(16)20)13-8-17-9-19(13)11-6-7-11/h2-5,8-9,11,14,18H,6-7H2,1H3,(H2,16,20). The predicted molar refractivity (Wildman–Crippen MR) is 77.2 cm³/mol. The first kappa shape index (κ1) is 12.7. The number of rotatable bonds is 5. The Labute approximate surface area is 117 Å². The third-order valence-electron chi connectivity index (χ3n) is 3.66. The maximum Gasteiger partial charge on any atom is 0.246 e. The number of aryl methyl sites for hydroxylation is 1. The lowest BCUT2D eigenvalue weighted by atomic mass is 10.1. The van der Waals surface area contributed by atoms with E-state index in [9.17, 15) is 4.79 Å². The molecule has 3 rings (SSSR count). The lowest BCUT2D eigenvalue weighted by Crippen LogP contribution is -2.29. The molecule has 0 spiro atoms. The van der Waals surface area contributed by atoms with Crippen LogP contribution in [0.5, 0.6) is 0 Å². The van der Waals surface area contributed by atoms with Gasteiger partial charge in [0.15, 0.2) is 0 Å².